The molecular weight excluding hydrogens is 504 g/mol. The summed E-state index contributed by atoms with van der Waals surface area (Å²) in [6.45, 7) is 6.36. The molecule has 2 aliphatic carbocycles. The molecule has 0 bridgehead atoms. The number of piperazine rings is 1. The van der Waals surface area contributed by atoms with E-state index in [4.69, 9.17) is 4.74 Å². The summed E-state index contributed by atoms with van der Waals surface area (Å²) in [6.07, 6.45) is 0.700. The van der Waals surface area contributed by atoms with Gasteiger partial charge in [-0.25, -0.2) is 8.42 Å². The molecule has 5 rings (SSSR count). The normalized spacial score (nSPS) is 20.5. The summed E-state index contributed by atoms with van der Waals surface area (Å²) in [4.78, 5) is 16.0. The number of halogens is 1. The standard InChI is InChI=1S/C25H27BrN2O4S/c1-25(2)19-14-21(32-4)22(33(30,31)28-9-7-27(3)8-10-28)13-18(19)24(29)23-17-6-5-16(26)11-15(17)12-20(23)25/h5-6,11,13-14H,7-10,12H2,1-4H3. The molecule has 0 saturated carbocycles. The molecule has 0 aromatic heterocycles. The zero-order valence-electron chi connectivity index (χ0n) is 19.2. The lowest BCUT2D eigenvalue weighted by Gasteiger charge is -2.36. The first kappa shape index (κ1) is 22.8. The van der Waals surface area contributed by atoms with Gasteiger partial charge in [-0.3, -0.25) is 4.79 Å². The molecule has 1 heterocycles. The van der Waals surface area contributed by atoms with Gasteiger partial charge in [0.2, 0.25) is 10.0 Å². The summed E-state index contributed by atoms with van der Waals surface area (Å²) in [5.41, 5.74) is 4.66. The smallest absolute Gasteiger partial charge is 0.246 e. The van der Waals surface area contributed by atoms with Crippen LogP contribution in [0, 0.1) is 0 Å². The van der Waals surface area contributed by atoms with Crippen molar-refractivity contribution in [1.82, 2.24) is 9.21 Å². The van der Waals surface area contributed by atoms with Crippen LogP contribution >= 0.6 is 15.9 Å². The van der Waals surface area contributed by atoms with Crippen molar-refractivity contribution in [3.05, 3.63) is 62.6 Å². The SMILES string of the molecule is COc1cc2c(cc1S(=O)(=O)N1CCN(C)CC1)C(=O)C1=C(Cc3cc(Br)ccc31)C2(C)C. The Balaban J connectivity index is 1.66. The molecule has 1 aliphatic heterocycles. The van der Waals surface area contributed by atoms with E-state index in [0.717, 1.165) is 26.7 Å². The number of Topliss-reactive ketones (excluding diaryl/α,β-unsaturated/α-hetero) is 1. The number of rotatable bonds is 3. The molecule has 0 spiro atoms. The predicted molar refractivity (Wildman–Crippen MR) is 131 cm³/mol. The van der Waals surface area contributed by atoms with Gasteiger partial charge in [0.15, 0.2) is 5.78 Å². The zero-order chi connectivity index (χ0) is 23.7. The predicted octanol–water partition coefficient (Wildman–Crippen LogP) is 3.88. The second-order valence-corrected chi connectivity index (χ2v) is 12.4. The summed E-state index contributed by atoms with van der Waals surface area (Å²) in [5, 5.41) is 0. The third kappa shape index (κ3) is 3.41. The molecule has 1 saturated heterocycles. The Hall–Kier alpha value is -2.00. The average Bonchev–Trinajstić information content (AvgIpc) is 3.17. The molecule has 33 heavy (non-hydrogen) atoms. The van der Waals surface area contributed by atoms with Crippen molar-refractivity contribution in [1.29, 1.82) is 0 Å². The number of carbonyl (C=O) groups is 1. The largest absolute Gasteiger partial charge is 0.495 e. The van der Waals surface area contributed by atoms with Crippen LogP contribution in [0.25, 0.3) is 5.57 Å². The van der Waals surface area contributed by atoms with E-state index >= 15 is 0 Å². The topological polar surface area (TPSA) is 66.9 Å². The van der Waals surface area contributed by atoms with Crippen LogP contribution in [-0.4, -0.2) is 63.7 Å². The first-order valence-electron chi connectivity index (χ1n) is 11.0. The second kappa shape index (κ2) is 7.77. The number of likely N-dealkylation sites (N-methyl/N-ethyl adjacent to an activating group) is 1. The van der Waals surface area contributed by atoms with E-state index < -0.39 is 15.4 Å². The maximum Gasteiger partial charge on any atom is 0.246 e. The highest BCUT2D eigenvalue weighted by molar-refractivity contribution is 9.10. The van der Waals surface area contributed by atoms with Crippen molar-refractivity contribution in [2.45, 2.75) is 30.6 Å². The summed E-state index contributed by atoms with van der Waals surface area (Å²) in [6, 6.07) is 9.30. The van der Waals surface area contributed by atoms with Crippen molar-refractivity contribution in [2.75, 3.05) is 40.3 Å². The van der Waals surface area contributed by atoms with Gasteiger partial charge in [-0.15, -0.1) is 0 Å². The number of carbonyl (C=O) groups excluding carboxylic acids is 1. The molecular formula is C25H27BrN2O4S. The minimum atomic E-state index is -3.80. The fourth-order valence-corrected chi connectivity index (χ4v) is 7.27. The number of ether oxygens (including phenoxy) is 1. The maximum atomic E-state index is 13.8. The van der Waals surface area contributed by atoms with Gasteiger partial charge in [0.05, 0.1) is 7.11 Å². The lowest BCUT2D eigenvalue weighted by Crippen LogP contribution is -2.47. The average molecular weight is 531 g/mol. The van der Waals surface area contributed by atoms with Gasteiger partial charge in [-0.2, -0.15) is 4.31 Å². The van der Waals surface area contributed by atoms with Gasteiger partial charge in [-0.1, -0.05) is 35.8 Å². The fourth-order valence-electron chi connectivity index (χ4n) is 5.28. The van der Waals surface area contributed by atoms with Gasteiger partial charge in [-0.05, 0) is 60.0 Å². The van der Waals surface area contributed by atoms with E-state index in [1.165, 1.54) is 11.4 Å². The Kier molecular flexibility index (Phi) is 5.36. The van der Waals surface area contributed by atoms with Gasteiger partial charge >= 0.3 is 0 Å². The third-order valence-corrected chi connectivity index (χ3v) is 9.70. The number of allylic oxidation sites excluding steroid dienone is 2. The van der Waals surface area contributed by atoms with E-state index in [9.17, 15) is 13.2 Å². The van der Waals surface area contributed by atoms with Crippen LogP contribution in [0.3, 0.4) is 0 Å². The summed E-state index contributed by atoms with van der Waals surface area (Å²) in [5.74, 6) is 0.175. The third-order valence-electron chi connectivity index (χ3n) is 7.29. The van der Waals surface area contributed by atoms with Crippen molar-refractivity contribution < 1.29 is 17.9 Å². The molecule has 174 valence electrons. The number of benzene rings is 2. The van der Waals surface area contributed by atoms with E-state index in [0.29, 0.717) is 43.7 Å². The second-order valence-electron chi connectivity index (χ2n) is 9.54. The van der Waals surface area contributed by atoms with Crippen molar-refractivity contribution >= 4 is 37.3 Å². The van der Waals surface area contributed by atoms with Crippen LogP contribution in [0.1, 0.15) is 40.9 Å². The number of methoxy groups -OCH3 is 1. The van der Waals surface area contributed by atoms with Crippen molar-refractivity contribution in [2.24, 2.45) is 0 Å². The number of hydrogen-bond acceptors (Lipinski definition) is 5. The van der Waals surface area contributed by atoms with E-state index in [1.54, 1.807) is 12.1 Å². The minimum absolute atomic E-state index is 0.0653. The van der Waals surface area contributed by atoms with Gasteiger partial charge in [0, 0.05) is 47.2 Å². The molecule has 0 amide bonds. The Labute approximate surface area is 203 Å². The molecule has 0 radical (unpaired) electrons. The van der Waals surface area contributed by atoms with Crippen LogP contribution in [0.2, 0.25) is 0 Å². The summed E-state index contributed by atoms with van der Waals surface area (Å²) < 4.78 is 35.2. The molecule has 0 N–H and O–H groups in total. The van der Waals surface area contributed by atoms with Crippen LogP contribution in [0.5, 0.6) is 5.75 Å². The number of hydrogen-bond donors (Lipinski definition) is 0. The van der Waals surface area contributed by atoms with E-state index in [-0.39, 0.29) is 16.4 Å². The van der Waals surface area contributed by atoms with Crippen LogP contribution < -0.4 is 4.74 Å². The molecule has 2 aromatic carbocycles. The maximum absolute atomic E-state index is 13.8. The minimum Gasteiger partial charge on any atom is -0.495 e. The highest BCUT2D eigenvalue weighted by Crippen LogP contribution is 2.51. The lowest BCUT2D eigenvalue weighted by molar-refractivity contribution is 0.105. The number of ketones is 1. The van der Waals surface area contributed by atoms with Crippen LogP contribution in [0.15, 0.2) is 45.3 Å². The Bertz CT molecular complexity index is 1320. The van der Waals surface area contributed by atoms with Gasteiger partial charge in [0.1, 0.15) is 10.6 Å². The van der Waals surface area contributed by atoms with E-state index in [1.807, 2.05) is 19.2 Å². The van der Waals surface area contributed by atoms with Crippen molar-refractivity contribution in [3.8, 4) is 5.75 Å². The first-order chi connectivity index (χ1) is 15.6. The summed E-state index contributed by atoms with van der Waals surface area (Å²) >= 11 is 3.53. The van der Waals surface area contributed by atoms with Crippen LogP contribution in [-0.2, 0) is 21.9 Å². The number of nitrogens with zero attached hydrogens (tertiary/aromatic N) is 2. The van der Waals surface area contributed by atoms with Crippen molar-refractivity contribution in [3.63, 3.8) is 0 Å². The highest BCUT2D eigenvalue weighted by atomic mass is 79.9. The Morgan fingerprint density at radius 3 is 2.39 bits per heavy atom. The van der Waals surface area contributed by atoms with E-state index in [2.05, 4.69) is 40.7 Å². The van der Waals surface area contributed by atoms with Gasteiger partial charge in [0.25, 0.3) is 0 Å². The summed E-state index contributed by atoms with van der Waals surface area (Å²) in [7, 11) is -0.342. The number of fused-ring (bicyclic) bond motifs is 3. The molecule has 8 heteroatoms. The highest BCUT2D eigenvalue weighted by Gasteiger charge is 2.44. The van der Waals surface area contributed by atoms with Crippen LogP contribution in [0.4, 0.5) is 0 Å². The monoisotopic (exact) mass is 530 g/mol. The quantitative estimate of drug-likeness (QED) is 0.602. The molecule has 0 unspecified atom stereocenters. The molecule has 1 fully saturated rings. The fraction of sp³-hybridized carbons (Fsp3) is 0.400. The first-order valence-corrected chi connectivity index (χ1v) is 13.3. The molecule has 0 atom stereocenters. The molecule has 2 aromatic rings. The Morgan fingerprint density at radius 1 is 1.03 bits per heavy atom. The molecule has 3 aliphatic rings. The lowest BCUT2D eigenvalue weighted by atomic mass is 9.68. The number of sulfonamides is 1. The molecule has 6 nitrogen and oxygen atoms in total. The van der Waals surface area contributed by atoms with Gasteiger partial charge < -0.3 is 9.64 Å². The Morgan fingerprint density at radius 2 is 1.73 bits per heavy atom. The zero-order valence-corrected chi connectivity index (χ0v) is 21.6.